The van der Waals surface area contributed by atoms with Crippen LogP contribution in [0, 0.1) is 23.7 Å². The van der Waals surface area contributed by atoms with Crippen molar-refractivity contribution < 1.29 is 80.2 Å². The molecule has 0 aromatic heterocycles. The van der Waals surface area contributed by atoms with Crippen LogP contribution in [-0.2, 0) is 65.4 Å². The van der Waals surface area contributed by atoms with Gasteiger partial charge >= 0.3 is 39.5 Å². The average Bonchev–Trinajstić information content (AvgIpc) is 3.70. The highest BCUT2D eigenvalue weighted by Gasteiger charge is 2.30. The molecule has 5 atom stereocenters. The number of rotatable bonds is 67. The molecular formula is C70H136O17P2. The summed E-state index contributed by atoms with van der Waals surface area (Å²) in [6.45, 7) is 14.0. The van der Waals surface area contributed by atoms with E-state index in [0.717, 1.165) is 115 Å². The van der Waals surface area contributed by atoms with Gasteiger partial charge in [0.15, 0.2) is 12.2 Å². The van der Waals surface area contributed by atoms with Crippen LogP contribution in [-0.4, -0.2) is 96.7 Å². The number of carbonyl (C=O) groups excluding carboxylic acids is 4. The van der Waals surface area contributed by atoms with Gasteiger partial charge in [0, 0.05) is 25.7 Å². The number of carbonyl (C=O) groups is 4. The zero-order chi connectivity index (χ0) is 66.1. The fourth-order valence-electron chi connectivity index (χ4n) is 10.5. The van der Waals surface area contributed by atoms with E-state index in [0.29, 0.717) is 37.5 Å². The summed E-state index contributed by atoms with van der Waals surface area (Å²) < 4.78 is 68.2. The van der Waals surface area contributed by atoms with Gasteiger partial charge in [0.1, 0.15) is 19.3 Å². The van der Waals surface area contributed by atoms with Gasteiger partial charge in [-0.1, -0.05) is 293 Å². The van der Waals surface area contributed by atoms with Crippen LogP contribution in [0.4, 0.5) is 0 Å². The maximum Gasteiger partial charge on any atom is 0.472 e. The second-order valence-corrected chi connectivity index (χ2v) is 30.1. The quantitative estimate of drug-likeness (QED) is 0.0222. The molecule has 0 aromatic carbocycles. The van der Waals surface area contributed by atoms with Crippen LogP contribution < -0.4 is 0 Å². The number of unbranched alkanes of at least 4 members (excludes halogenated alkanes) is 33. The minimum Gasteiger partial charge on any atom is -0.462 e. The van der Waals surface area contributed by atoms with E-state index in [4.69, 9.17) is 37.0 Å². The number of phosphoric acid groups is 2. The Hall–Kier alpha value is -1.94. The first-order chi connectivity index (χ1) is 42.6. The topological polar surface area (TPSA) is 237 Å². The number of hydrogen-bond donors (Lipinski definition) is 3. The molecule has 0 amide bonds. The monoisotopic (exact) mass is 1310 g/mol. The molecule has 0 radical (unpaired) electrons. The fraction of sp³-hybridized carbons (Fsp3) is 0.943. The third-order valence-electron chi connectivity index (χ3n) is 16.1. The molecule has 0 rings (SSSR count). The van der Waals surface area contributed by atoms with Gasteiger partial charge in [-0.05, 0) is 49.4 Å². The Labute approximate surface area is 543 Å². The third-order valence-corrected chi connectivity index (χ3v) is 18.0. The first kappa shape index (κ1) is 87.1. The number of esters is 4. The Kier molecular flexibility index (Phi) is 58.5. The van der Waals surface area contributed by atoms with E-state index in [1.165, 1.54) is 135 Å². The molecule has 0 heterocycles. The van der Waals surface area contributed by atoms with Gasteiger partial charge in [-0.3, -0.25) is 37.3 Å². The van der Waals surface area contributed by atoms with Gasteiger partial charge in [-0.25, -0.2) is 9.13 Å². The highest BCUT2D eigenvalue weighted by molar-refractivity contribution is 7.47. The van der Waals surface area contributed by atoms with Gasteiger partial charge in [-0.15, -0.1) is 0 Å². The molecule has 0 fully saturated rings. The van der Waals surface area contributed by atoms with Gasteiger partial charge in [-0.2, -0.15) is 0 Å². The van der Waals surface area contributed by atoms with Crippen molar-refractivity contribution >= 4 is 39.5 Å². The second-order valence-electron chi connectivity index (χ2n) is 27.2. The maximum absolute atomic E-state index is 13.0. The molecule has 19 heteroatoms. The number of hydrogen-bond acceptors (Lipinski definition) is 15. The molecule has 0 spiro atoms. The van der Waals surface area contributed by atoms with Crippen molar-refractivity contribution in [3.63, 3.8) is 0 Å². The van der Waals surface area contributed by atoms with Crippen molar-refractivity contribution in [1.29, 1.82) is 0 Å². The number of phosphoric ester groups is 2. The Morgan fingerprint density at radius 2 is 0.472 bits per heavy atom. The van der Waals surface area contributed by atoms with Gasteiger partial charge < -0.3 is 33.8 Å². The molecule has 0 aliphatic heterocycles. The number of ether oxygens (including phenoxy) is 4. The molecule has 3 unspecified atom stereocenters. The summed E-state index contributed by atoms with van der Waals surface area (Å²) >= 11 is 0. The summed E-state index contributed by atoms with van der Waals surface area (Å²) in [6.07, 6.45) is 41.9. The number of aliphatic hydroxyl groups excluding tert-OH is 1. The van der Waals surface area contributed by atoms with E-state index in [1.54, 1.807) is 0 Å². The zero-order valence-corrected chi connectivity index (χ0v) is 59.8. The SMILES string of the molecule is CC(C)CCCCCCCCCCCCCCCCC(=O)O[C@H](COC(=O)CCCCCCCCCC(C)C)COP(=O)(O)OCC(O)COP(=O)(O)OC[C@@H](COC(=O)CCCCCCCCCC(C)C)OC(=O)CCCCCCCCCCCC(C)C. The molecule has 0 saturated carbocycles. The van der Waals surface area contributed by atoms with Crippen LogP contribution >= 0.6 is 15.6 Å². The molecule has 89 heavy (non-hydrogen) atoms. The smallest absolute Gasteiger partial charge is 0.462 e. The summed E-state index contributed by atoms with van der Waals surface area (Å²) in [6, 6.07) is 0. The standard InChI is InChI=1S/C70H136O17P2/c1-60(2)46-38-30-22-16-13-11-9-10-12-14-18-26-36-44-52-69(74)86-65(56-80-67(72)50-42-34-28-20-24-32-40-48-62(5)6)58-84-88(76,77)82-54-64(71)55-83-89(78,79)85-59-66(57-81-68(73)51-43-35-29-21-25-33-41-49-63(7)8)87-70(75)53-45-37-27-19-15-17-23-31-39-47-61(3)4/h60-66,71H,9-59H2,1-8H3,(H,76,77)(H,78,79)/t64?,65-,66-/m1/s1. The Bertz CT molecular complexity index is 1760. The lowest BCUT2D eigenvalue weighted by atomic mass is 10.0. The normalized spacial score (nSPS) is 14.3. The summed E-state index contributed by atoms with van der Waals surface area (Å²) in [5, 5.41) is 10.6. The summed E-state index contributed by atoms with van der Waals surface area (Å²) in [5.41, 5.74) is 0. The van der Waals surface area contributed by atoms with Crippen LogP contribution in [0.15, 0.2) is 0 Å². The van der Waals surface area contributed by atoms with Crippen molar-refractivity contribution in [2.45, 2.75) is 363 Å². The van der Waals surface area contributed by atoms with Crippen molar-refractivity contribution in [1.82, 2.24) is 0 Å². The lowest BCUT2D eigenvalue weighted by Gasteiger charge is -2.21. The molecule has 528 valence electrons. The Morgan fingerprint density at radius 1 is 0.281 bits per heavy atom. The average molecular weight is 1310 g/mol. The Morgan fingerprint density at radius 3 is 0.697 bits per heavy atom. The molecular weight excluding hydrogens is 1170 g/mol. The molecule has 0 aromatic rings. The van der Waals surface area contributed by atoms with E-state index in [-0.39, 0.29) is 25.7 Å². The highest BCUT2D eigenvalue weighted by atomic mass is 31.2. The van der Waals surface area contributed by atoms with E-state index in [2.05, 4.69) is 55.4 Å². The summed E-state index contributed by atoms with van der Waals surface area (Å²) in [4.78, 5) is 72.5. The molecule has 0 aliphatic rings. The van der Waals surface area contributed by atoms with E-state index < -0.39 is 97.5 Å². The van der Waals surface area contributed by atoms with Gasteiger partial charge in [0.25, 0.3) is 0 Å². The molecule has 0 saturated heterocycles. The molecule has 0 aliphatic carbocycles. The molecule has 0 bridgehead atoms. The largest absolute Gasteiger partial charge is 0.472 e. The summed E-state index contributed by atoms with van der Waals surface area (Å²) in [7, 11) is -9.90. The van der Waals surface area contributed by atoms with Crippen LogP contribution in [0.5, 0.6) is 0 Å². The fourth-order valence-corrected chi connectivity index (χ4v) is 12.1. The number of aliphatic hydroxyl groups is 1. The first-order valence-electron chi connectivity index (χ1n) is 36.2. The lowest BCUT2D eigenvalue weighted by molar-refractivity contribution is -0.161. The molecule has 3 N–H and O–H groups in total. The second kappa shape index (κ2) is 59.8. The van der Waals surface area contributed by atoms with Gasteiger partial charge in [0.05, 0.1) is 26.4 Å². The van der Waals surface area contributed by atoms with Gasteiger partial charge in [0.2, 0.25) is 0 Å². The van der Waals surface area contributed by atoms with Crippen molar-refractivity contribution in [2.75, 3.05) is 39.6 Å². The Balaban J connectivity index is 5.23. The third kappa shape index (κ3) is 64.6. The van der Waals surface area contributed by atoms with E-state index in [1.807, 2.05) is 0 Å². The summed E-state index contributed by atoms with van der Waals surface area (Å²) in [5.74, 6) is 0.810. The van der Waals surface area contributed by atoms with Crippen LogP contribution in [0.3, 0.4) is 0 Å². The predicted molar refractivity (Wildman–Crippen MR) is 358 cm³/mol. The van der Waals surface area contributed by atoms with Crippen molar-refractivity contribution in [3.8, 4) is 0 Å². The van der Waals surface area contributed by atoms with Crippen molar-refractivity contribution in [2.24, 2.45) is 23.7 Å². The van der Waals surface area contributed by atoms with Crippen LogP contribution in [0.25, 0.3) is 0 Å². The zero-order valence-electron chi connectivity index (χ0n) is 58.1. The lowest BCUT2D eigenvalue weighted by Crippen LogP contribution is -2.30. The van der Waals surface area contributed by atoms with E-state index >= 15 is 0 Å². The van der Waals surface area contributed by atoms with Crippen LogP contribution in [0.1, 0.15) is 344 Å². The van der Waals surface area contributed by atoms with Crippen LogP contribution in [0.2, 0.25) is 0 Å². The first-order valence-corrected chi connectivity index (χ1v) is 39.2. The minimum atomic E-state index is -4.95. The van der Waals surface area contributed by atoms with Crippen molar-refractivity contribution in [3.05, 3.63) is 0 Å². The minimum absolute atomic E-state index is 0.104. The highest BCUT2D eigenvalue weighted by Crippen LogP contribution is 2.45. The van der Waals surface area contributed by atoms with E-state index in [9.17, 15) is 43.2 Å². The predicted octanol–water partition coefficient (Wildman–Crippen LogP) is 19.7. The molecule has 17 nitrogen and oxygen atoms in total. The maximum atomic E-state index is 13.0.